The molecular weight excluding hydrogens is 630 g/mol. The number of carbonyl (C=O) groups excluding carboxylic acids is 1. The second-order valence-electron chi connectivity index (χ2n) is 12.3. The van der Waals surface area contributed by atoms with E-state index in [4.69, 9.17) is 32.3 Å². The number of aromatic nitrogens is 6. The van der Waals surface area contributed by atoms with E-state index in [-0.39, 0.29) is 29.8 Å². The summed E-state index contributed by atoms with van der Waals surface area (Å²) in [6.07, 6.45) is 0.632. The second-order valence-corrected chi connectivity index (χ2v) is 12.7. The number of carbonyl (C=O) groups is 2. The van der Waals surface area contributed by atoms with Gasteiger partial charge in [-0.2, -0.15) is 10.2 Å². The topological polar surface area (TPSA) is 151 Å². The number of esters is 1. The predicted octanol–water partition coefficient (Wildman–Crippen LogP) is 7.35. The Hall–Kier alpha value is -5.29. The van der Waals surface area contributed by atoms with Gasteiger partial charge in [-0.3, -0.25) is 0 Å². The maximum atomic E-state index is 12.6. The number of benzene rings is 2. The van der Waals surface area contributed by atoms with Crippen LogP contribution in [-0.4, -0.2) is 53.2 Å². The highest BCUT2D eigenvalue weighted by molar-refractivity contribution is 6.35. The SMILES string of the molecule is CCOC(=O)c1cc(Cl)c2c(C(C)Cc3ccc(-n4nc(C(C)C)c5c(N)cc(C(=O)O)nc54)cc3C)nn(-c3cccc(C)c3)c2n1. The van der Waals surface area contributed by atoms with Crippen molar-refractivity contribution in [3.05, 3.63) is 99.1 Å². The largest absolute Gasteiger partial charge is 0.477 e. The molecule has 12 heteroatoms. The number of nitrogens with two attached hydrogens (primary N) is 1. The Kier molecular flexibility index (Phi) is 8.65. The Balaban J connectivity index is 1.41. The lowest BCUT2D eigenvalue weighted by Gasteiger charge is -2.14. The number of fused-ring (bicyclic) bond motifs is 2. The molecular formula is C36H36ClN7O4. The molecule has 0 amide bonds. The maximum Gasteiger partial charge on any atom is 0.357 e. The van der Waals surface area contributed by atoms with Crippen molar-refractivity contribution in [3.8, 4) is 11.4 Å². The van der Waals surface area contributed by atoms with Gasteiger partial charge in [-0.1, -0.05) is 50.6 Å². The summed E-state index contributed by atoms with van der Waals surface area (Å²) >= 11 is 6.86. The normalized spacial score (nSPS) is 12.2. The summed E-state index contributed by atoms with van der Waals surface area (Å²) in [5.74, 6) is -1.76. The molecule has 6 rings (SSSR count). The van der Waals surface area contributed by atoms with Gasteiger partial charge in [0.15, 0.2) is 22.7 Å². The molecule has 0 saturated heterocycles. The fourth-order valence-corrected chi connectivity index (χ4v) is 6.31. The number of nitrogens with zero attached hydrogens (tertiary/aromatic N) is 6. The number of anilines is 1. The minimum Gasteiger partial charge on any atom is -0.477 e. The standard InChI is InChI=1S/C36H36ClN7O4/c1-7-48-36(47)28-16-25(37)29-32(42-43(33(29)40-28)23-10-8-9-19(4)13-23)21(6)14-22-11-12-24(15-20(22)5)44-34-30(31(41-44)18(2)3)26(38)17-27(39-34)35(45)46/h8-13,15-18,21H,7,14H2,1-6H3,(H2,38,39)(H,45,46). The minimum atomic E-state index is -1.16. The maximum absolute atomic E-state index is 12.6. The monoisotopic (exact) mass is 665 g/mol. The van der Waals surface area contributed by atoms with Gasteiger partial charge in [-0.05, 0) is 86.2 Å². The molecule has 0 aliphatic carbocycles. The quantitative estimate of drug-likeness (QED) is 0.151. The third-order valence-electron chi connectivity index (χ3n) is 8.37. The first kappa shape index (κ1) is 32.6. The summed E-state index contributed by atoms with van der Waals surface area (Å²) in [5, 5.41) is 21.2. The van der Waals surface area contributed by atoms with Gasteiger partial charge in [0.2, 0.25) is 0 Å². The number of aromatic carboxylic acids is 1. The molecule has 246 valence electrons. The molecule has 6 aromatic rings. The molecule has 1 atom stereocenters. The molecule has 0 fully saturated rings. The number of rotatable bonds is 9. The number of pyridine rings is 2. The highest BCUT2D eigenvalue weighted by atomic mass is 35.5. The first-order valence-electron chi connectivity index (χ1n) is 15.7. The molecule has 3 N–H and O–H groups in total. The summed E-state index contributed by atoms with van der Waals surface area (Å²) < 4.78 is 8.61. The van der Waals surface area contributed by atoms with Crippen LogP contribution in [0.5, 0.6) is 0 Å². The van der Waals surface area contributed by atoms with Gasteiger partial charge < -0.3 is 15.6 Å². The lowest BCUT2D eigenvalue weighted by molar-refractivity contribution is 0.0519. The van der Waals surface area contributed by atoms with Crippen LogP contribution >= 0.6 is 11.6 Å². The van der Waals surface area contributed by atoms with Crippen molar-refractivity contribution < 1.29 is 19.4 Å². The number of hydrogen-bond acceptors (Lipinski definition) is 8. The number of aryl methyl sites for hydroxylation is 2. The van der Waals surface area contributed by atoms with E-state index >= 15 is 0 Å². The van der Waals surface area contributed by atoms with Gasteiger partial charge in [-0.25, -0.2) is 28.9 Å². The zero-order chi connectivity index (χ0) is 34.4. The molecule has 48 heavy (non-hydrogen) atoms. The van der Waals surface area contributed by atoms with Gasteiger partial charge in [0.1, 0.15) is 0 Å². The first-order chi connectivity index (χ1) is 22.9. The highest BCUT2D eigenvalue weighted by Crippen LogP contribution is 2.36. The van der Waals surface area contributed by atoms with Crippen LogP contribution in [0.15, 0.2) is 54.6 Å². The van der Waals surface area contributed by atoms with Crippen molar-refractivity contribution in [2.75, 3.05) is 12.3 Å². The van der Waals surface area contributed by atoms with Crippen LogP contribution in [0.4, 0.5) is 5.69 Å². The van der Waals surface area contributed by atoms with Crippen LogP contribution in [0, 0.1) is 13.8 Å². The van der Waals surface area contributed by atoms with E-state index in [2.05, 4.69) is 16.9 Å². The van der Waals surface area contributed by atoms with Gasteiger partial charge in [0, 0.05) is 11.6 Å². The van der Waals surface area contributed by atoms with Crippen LogP contribution in [-0.2, 0) is 11.2 Å². The van der Waals surface area contributed by atoms with Gasteiger partial charge in [0.05, 0.1) is 45.2 Å². The molecule has 0 spiro atoms. The lowest BCUT2D eigenvalue weighted by atomic mass is 9.93. The van der Waals surface area contributed by atoms with Gasteiger partial charge in [0.25, 0.3) is 0 Å². The summed E-state index contributed by atoms with van der Waals surface area (Å²) in [6, 6.07) is 16.8. The second kappa shape index (κ2) is 12.7. The van der Waals surface area contributed by atoms with E-state index in [0.29, 0.717) is 39.2 Å². The Bertz CT molecular complexity index is 2240. The molecule has 4 heterocycles. The summed E-state index contributed by atoms with van der Waals surface area (Å²) in [6.45, 7) is 12.1. The van der Waals surface area contributed by atoms with Gasteiger partial charge >= 0.3 is 11.9 Å². The Morgan fingerprint density at radius 2 is 1.56 bits per heavy atom. The third kappa shape index (κ3) is 5.85. The number of halogens is 1. The molecule has 0 aliphatic heterocycles. The number of hydrogen-bond donors (Lipinski definition) is 2. The van der Waals surface area contributed by atoms with Gasteiger partial charge in [-0.15, -0.1) is 0 Å². The first-order valence-corrected chi connectivity index (χ1v) is 16.1. The average molecular weight is 666 g/mol. The van der Waals surface area contributed by atoms with Crippen LogP contribution in [0.1, 0.15) is 88.6 Å². The lowest BCUT2D eigenvalue weighted by Crippen LogP contribution is -2.08. The highest BCUT2D eigenvalue weighted by Gasteiger charge is 2.25. The fraction of sp³-hybridized carbons (Fsp3) is 0.278. The van der Waals surface area contributed by atoms with Crippen molar-refractivity contribution >= 4 is 51.3 Å². The fourth-order valence-electron chi connectivity index (χ4n) is 6.02. The molecule has 0 saturated carbocycles. The van der Waals surface area contributed by atoms with Crippen molar-refractivity contribution in [2.24, 2.45) is 0 Å². The van der Waals surface area contributed by atoms with Crippen LogP contribution < -0.4 is 5.73 Å². The average Bonchev–Trinajstić information content (AvgIpc) is 3.62. The van der Waals surface area contributed by atoms with Crippen LogP contribution in [0.2, 0.25) is 5.02 Å². The zero-order valence-electron chi connectivity index (χ0n) is 27.6. The van der Waals surface area contributed by atoms with E-state index in [1.54, 1.807) is 16.3 Å². The summed E-state index contributed by atoms with van der Waals surface area (Å²) in [4.78, 5) is 33.5. The zero-order valence-corrected chi connectivity index (χ0v) is 28.3. The van der Waals surface area contributed by atoms with Crippen LogP contribution in [0.3, 0.4) is 0 Å². The summed E-state index contributed by atoms with van der Waals surface area (Å²) in [7, 11) is 0. The number of nitrogen functional groups attached to an aromatic ring is 1. The Morgan fingerprint density at radius 1 is 0.896 bits per heavy atom. The summed E-state index contributed by atoms with van der Waals surface area (Å²) in [5.41, 5.74) is 13.7. The van der Waals surface area contributed by atoms with E-state index < -0.39 is 11.9 Å². The van der Waals surface area contributed by atoms with E-state index in [1.807, 2.05) is 70.2 Å². The molecule has 2 aromatic carbocycles. The molecule has 11 nitrogen and oxygen atoms in total. The van der Waals surface area contributed by atoms with E-state index in [0.717, 1.165) is 39.5 Å². The minimum absolute atomic E-state index is 0.0406. The predicted molar refractivity (Wildman–Crippen MR) is 186 cm³/mol. The van der Waals surface area contributed by atoms with E-state index in [9.17, 15) is 14.7 Å². The Morgan fingerprint density at radius 3 is 2.21 bits per heavy atom. The number of ether oxygens (including phenoxy) is 1. The van der Waals surface area contributed by atoms with Crippen molar-refractivity contribution in [1.82, 2.24) is 29.5 Å². The number of carboxylic acid groups (broad SMARTS) is 1. The van der Waals surface area contributed by atoms with Crippen molar-refractivity contribution in [3.63, 3.8) is 0 Å². The van der Waals surface area contributed by atoms with E-state index in [1.165, 1.54) is 12.1 Å². The molecule has 0 radical (unpaired) electrons. The number of carboxylic acids is 1. The molecule has 0 aliphatic rings. The smallest absolute Gasteiger partial charge is 0.357 e. The molecule has 4 aromatic heterocycles. The van der Waals surface area contributed by atoms with Crippen molar-refractivity contribution in [2.45, 2.75) is 59.8 Å². The third-order valence-corrected chi connectivity index (χ3v) is 8.67. The van der Waals surface area contributed by atoms with Crippen molar-refractivity contribution in [1.29, 1.82) is 0 Å². The molecule has 0 bridgehead atoms. The van der Waals surface area contributed by atoms with Crippen LogP contribution in [0.25, 0.3) is 33.4 Å². The molecule has 1 unspecified atom stereocenters. The Labute approximate surface area is 282 Å².